The molecule has 8 nitrogen and oxygen atoms in total. The van der Waals surface area contributed by atoms with Gasteiger partial charge in [-0.25, -0.2) is 22.4 Å². The third kappa shape index (κ3) is 7.03. The van der Waals surface area contributed by atoms with Gasteiger partial charge < -0.3 is 15.1 Å². The molecular weight excluding hydrogens is 530 g/mol. The Bertz CT molecular complexity index is 818. The van der Waals surface area contributed by atoms with E-state index in [9.17, 15) is 27.2 Å². The first-order valence-electron chi connectivity index (χ1n) is 13.8. The largest absolute Gasteiger partial charge is 0.426 e. The van der Waals surface area contributed by atoms with Crippen molar-refractivity contribution in [1.82, 2.24) is 25.1 Å². The second kappa shape index (κ2) is 12.0. The molecule has 4 heterocycles. The quantitative estimate of drug-likeness (QED) is 0.495. The summed E-state index contributed by atoms with van der Waals surface area (Å²) >= 11 is 0. The van der Waals surface area contributed by atoms with Gasteiger partial charge in [-0.1, -0.05) is 19.3 Å². The minimum atomic E-state index is -2.60. The number of hydrogen-bond donors (Lipinski definition) is 1. The van der Waals surface area contributed by atoms with Crippen LogP contribution in [0.4, 0.5) is 22.4 Å². The normalized spacial score (nSPS) is 28.5. The molecule has 5 fully saturated rings. The molecule has 0 spiro atoms. The van der Waals surface area contributed by atoms with E-state index in [2.05, 4.69) is 5.32 Å². The summed E-state index contributed by atoms with van der Waals surface area (Å²) in [4.78, 5) is 37.3. The summed E-state index contributed by atoms with van der Waals surface area (Å²) in [7, 11) is 0. The molecule has 1 atom stereocenters. The molecule has 4 saturated heterocycles. The van der Waals surface area contributed by atoms with Crippen molar-refractivity contribution in [2.24, 2.45) is 5.92 Å². The Balaban J connectivity index is 0.00000336. The van der Waals surface area contributed by atoms with Crippen LogP contribution in [0.15, 0.2) is 0 Å². The average Bonchev–Trinajstić information content (AvgIpc) is 2.85. The van der Waals surface area contributed by atoms with Crippen molar-refractivity contribution in [2.75, 3.05) is 52.4 Å². The van der Waals surface area contributed by atoms with Crippen LogP contribution in [0, 0.1) is 5.92 Å². The van der Waals surface area contributed by atoms with Gasteiger partial charge in [0.15, 0.2) is 0 Å². The summed E-state index contributed by atoms with van der Waals surface area (Å²) in [6.45, 7) is 1.11. The number of nitrogens with one attached hydrogen (secondary N) is 1. The van der Waals surface area contributed by atoms with Crippen molar-refractivity contribution in [2.45, 2.75) is 87.8 Å². The van der Waals surface area contributed by atoms with Gasteiger partial charge in [-0.05, 0) is 44.4 Å². The lowest BCUT2D eigenvalue weighted by molar-refractivity contribution is -0.170. The summed E-state index contributed by atoms with van der Waals surface area (Å²) in [6.07, 6.45) is 6.81. The van der Waals surface area contributed by atoms with Crippen LogP contribution < -0.4 is 5.32 Å². The highest BCUT2D eigenvalue weighted by molar-refractivity contribution is 5.86. The summed E-state index contributed by atoms with van der Waals surface area (Å²) in [5.74, 6) is -5.26. The molecule has 0 radical (unpaired) electrons. The van der Waals surface area contributed by atoms with Crippen LogP contribution in [-0.2, 0) is 9.63 Å². The van der Waals surface area contributed by atoms with Crippen LogP contribution in [-0.4, -0.2) is 114 Å². The molecule has 0 aromatic rings. The molecule has 1 N–H and O–H groups in total. The van der Waals surface area contributed by atoms with Crippen molar-refractivity contribution < 1.29 is 32.0 Å². The van der Waals surface area contributed by atoms with Gasteiger partial charge in [-0.15, -0.1) is 17.5 Å². The zero-order valence-corrected chi connectivity index (χ0v) is 22.6. The fourth-order valence-corrected chi connectivity index (χ4v) is 6.68. The summed E-state index contributed by atoms with van der Waals surface area (Å²) in [5, 5.41) is 4.41. The monoisotopic (exact) mass is 569 g/mol. The Hall–Kier alpha value is -1.37. The van der Waals surface area contributed by atoms with Crippen LogP contribution in [0.3, 0.4) is 0 Å². The average molecular weight is 570 g/mol. The first-order valence-corrected chi connectivity index (χ1v) is 13.8. The van der Waals surface area contributed by atoms with Gasteiger partial charge in [0.25, 0.3) is 11.8 Å². The molecule has 0 unspecified atom stereocenters. The highest BCUT2D eigenvalue weighted by Crippen LogP contribution is 2.34. The van der Waals surface area contributed by atoms with Crippen LogP contribution in [0.5, 0.6) is 0 Å². The Morgan fingerprint density at radius 3 is 1.68 bits per heavy atom. The number of amides is 2. The van der Waals surface area contributed by atoms with Gasteiger partial charge in [0.1, 0.15) is 6.04 Å². The lowest BCUT2D eigenvalue weighted by Gasteiger charge is -2.47. The van der Waals surface area contributed by atoms with Crippen LogP contribution in [0.25, 0.3) is 0 Å². The molecule has 218 valence electrons. The Kier molecular flexibility index (Phi) is 9.36. The Morgan fingerprint density at radius 1 is 0.737 bits per heavy atom. The first kappa shape index (κ1) is 29.6. The number of carbonyl (C=O) groups is 2. The predicted molar refractivity (Wildman–Crippen MR) is 134 cm³/mol. The van der Waals surface area contributed by atoms with E-state index in [1.165, 1.54) is 0 Å². The lowest BCUT2D eigenvalue weighted by Crippen LogP contribution is -2.62. The molecule has 0 aromatic heterocycles. The van der Waals surface area contributed by atoms with E-state index in [0.29, 0.717) is 51.9 Å². The second-order valence-electron chi connectivity index (χ2n) is 11.6. The van der Waals surface area contributed by atoms with E-state index in [1.54, 1.807) is 19.8 Å². The number of hydrogen-bond acceptors (Lipinski definition) is 6. The van der Waals surface area contributed by atoms with Crippen LogP contribution >= 0.6 is 12.4 Å². The molecule has 0 aromatic carbocycles. The molecular formula is C25H40ClF4N5O3. The highest BCUT2D eigenvalue weighted by atomic mass is 35.5. The summed E-state index contributed by atoms with van der Waals surface area (Å²) in [5.41, 5.74) is 0. The third-order valence-corrected chi connectivity index (χ3v) is 8.84. The van der Waals surface area contributed by atoms with E-state index in [0.717, 1.165) is 32.1 Å². The smallest absolute Gasteiger partial charge is 0.351 e. The van der Waals surface area contributed by atoms with Gasteiger partial charge in [-0.3, -0.25) is 14.6 Å². The second-order valence-corrected chi connectivity index (χ2v) is 11.6. The van der Waals surface area contributed by atoms with E-state index in [-0.39, 0.29) is 62.5 Å². The SMILES string of the molecule is Cl.O=C(N[C@H](C(=O)N1CCC(N2CC(F)(F)C2)CC1)C1CCCCC1)ON1CCC(N2CC(F)(F)C2)CC1. The number of rotatable bonds is 6. The molecule has 38 heavy (non-hydrogen) atoms. The van der Waals surface area contributed by atoms with Crippen molar-refractivity contribution in [3.8, 4) is 0 Å². The molecule has 4 aliphatic heterocycles. The fraction of sp³-hybridized carbons (Fsp3) is 0.920. The zero-order valence-electron chi connectivity index (χ0n) is 21.8. The van der Waals surface area contributed by atoms with Crippen LogP contribution in [0.1, 0.15) is 57.8 Å². The lowest BCUT2D eigenvalue weighted by atomic mass is 9.83. The van der Waals surface area contributed by atoms with E-state index in [1.807, 2.05) is 0 Å². The van der Waals surface area contributed by atoms with Gasteiger partial charge in [0, 0.05) is 38.3 Å². The van der Waals surface area contributed by atoms with E-state index < -0.39 is 24.0 Å². The van der Waals surface area contributed by atoms with E-state index in [4.69, 9.17) is 4.84 Å². The van der Waals surface area contributed by atoms with E-state index >= 15 is 0 Å². The van der Waals surface area contributed by atoms with Crippen molar-refractivity contribution >= 4 is 24.4 Å². The number of likely N-dealkylation sites (tertiary alicyclic amines) is 3. The van der Waals surface area contributed by atoms with Crippen molar-refractivity contribution in [1.29, 1.82) is 0 Å². The minimum Gasteiger partial charge on any atom is -0.351 e. The summed E-state index contributed by atoms with van der Waals surface area (Å²) < 4.78 is 52.9. The first-order chi connectivity index (χ1) is 17.6. The maximum absolute atomic E-state index is 13.5. The number of halogens is 5. The fourth-order valence-electron chi connectivity index (χ4n) is 6.68. The standard InChI is InChI=1S/C25H39F4N5O3.ClH/c26-24(27)14-32(15-24)19-6-10-31(11-7-19)22(35)21(18-4-2-1-3-5-18)30-23(36)37-34-12-8-20(9-13-34)33-16-25(28,29)17-33;/h18-21H,1-17H2,(H,30,36);1H/t21-;/m0./s1. The number of hydroxylamine groups is 2. The molecule has 2 amide bonds. The van der Waals surface area contributed by atoms with Crippen molar-refractivity contribution in [3.05, 3.63) is 0 Å². The maximum Gasteiger partial charge on any atom is 0.426 e. The molecule has 1 aliphatic carbocycles. The molecule has 5 rings (SSSR count). The van der Waals surface area contributed by atoms with Crippen LogP contribution in [0.2, 0.25) is 0 Å². The van der Waals surface area contributed by atoms with Gasteiger partial charge in [0.2, 0.25) is 5.91 Å². The minimum absolute atomic E-state index is 0. The van der Waals surface area contributed by atoms with Gasteiger partial charge >= 0.3 is 6.09 Å². The number of piperidine rings is 2. The molecule has 0 bridgehead atoms. The maximum atomic E-state index is 13.5. The van der Waals surface area contributed by atoms with Gasteiger partial charge in [0.05, 0.1) is 26.2 Å². The third-order valence-electron chi connectivity index (χ3n) is 8.84. The molecule has 1 saturated carbocycles. The van der Waals surface area contributed by atoms with Crippen molar-refractivity contribution in [3.63, 3.8) is 0 Å². The molecule has 13 heteroatoms. The zero-order chi connectivity index (χ0) is 26.2. The number of carbonyl (C=O) groups excluding carboxylic acids is 2. The Labute approximate surface area is 227 Å². The summed E-state index contributed by atoms with van der Waals surface area (Å²) in [6, 6.07) is -0.525. The van der Waals surface area contributed by atoms with Gasteiger partial charge in [-0.2, -0.15) is 0 Å². The number of alkyl halides is 4. The highest BCUT2D eigenvalue weighted by Gasteiger charge is 2.48. The predicted octanol–water partition coefficient (Wildman–Crippen LogP) is 3.36. The topological polar surface area (TPSA) is 68.4 Å². The molecule has 5 aliphatic rings. The Morgan fingerprint density at radius 2 is 1.21 bits per heavy atom. The number of nitrogens with zero attached hydrogens (tertiary/aromatic N) is 4.